The zero-order chi connectivity index (χ0) is 14.0. The molecular weight excluding hydrogens is 272 g/mol. The summed E-state index contributed by atoms with van der Waals surface area (Å²) in [6, 6.07) is 2.48. The number of sulfonamides is 1. The number of rotatable bonds is 3. The Hall–Kier alpha value is -1.38. The van der Waals surface area contributed by atoms with Gasteiger partial charge in [-0.3, -0.25) is 4.79 Å². The zero-order valence-electron chi connectivity index (χ0n) is 10.3. The number of nitrogens with two attached hydrogens (primary N) is 1. The summed E-state index contributed by atoms with van der Waals surface area (Å²) < 4.78 is 27.1. The van der Waals surface area contributed by atoms with E-state index in [1.54, 1.807) is 4.90 Å². The van der Waals surface area contributed by atoms with Crippen molar-refractivity contribution in [1.29, 1.82) is 0 Å². The third-order valence-electron chi connectivity index (χ3n) is 3.23. The van der Waals surface area contributed by atoms with Gasteiger partial charge in [0.2, 0.25) is 5.09 Å². The van der Waals surface area contributed by atoms with Crippen LogP contribution in [0.25, 0.3) is 0 Å². The second-order valence-corrected chi connectivity index (χ2v) is 6.07. The van der Waals surface area contributed by atoms with Gasteiger partial charge in [0, 0.05) is 19.7 Å². The third-order valence-corrected chi connectivity index (χ3v) is 4.01. The lowest BCUT2D eigenvalue weighted by molar-refractivity contribution is 0.0615. The molecule has 1 saturated heterocycles. The number of primary sulfonamides is 1. The number of likely N-dealkylation sites (tertiary alicyclic amines) is 1. The minimum absolute atomic E-state index is 0.0357. The van der Waals surface area contributed by atoms with E-state index in [1.807, 2.05) is 0 Å². The fourth-order valence-corrected chi connectivity index (χ4v) is 2.53. The lowest BCUT2D eigenvalue weighted by Gasteiger charge is -2.30. The van der Waals surface area contributed by atoms with Crippen LogP contribution < -0.4 is 5.14 Å². The lowest BCUT2D eigenvalue weighted by Crippen LogP contribution is -2.39. The average molecular weight is 288 g/mol. The predicted octanol–water partition coefficient (Wildman–Crippen LogP) is -0.228. The minimum Gasteiger partial charge on any atom is -0.438 e. The van der Waals surface area contributed by atoms with E-state index in [0.717, 1.165) is 12.8 Å². The van der Waals surface area contributed by atoms with Crippen LogP contribution in [0.1, 0.15) is 23.4 Å². The Bertz CT molecular complexity index is 557. The van der Waals surface area contributed by atoms with Gasteiger partial charge in [-0.15, -0.1) is 0 Å². The number of hydrogen-bond donors (Lipinski definition) is 2. The number of amides is 1. The molecule has 1 fully saturated rings. The van der Waals surface area contributed by atoms with Crippen molar-refractivity contribution < 1.29 is 22.7 Å². The van der Waals surface area contributed by atoms with E-state index in [4.69, 9.17) is 14.7 Å². The number of hydrogen-bond acceptors (Lipinski definition) is 5. The van der Waals surface area contributed by atoms with Gasteiger partial charge >= 0.3 is 0 Å². The normalized spacial score (nSPS) is 17.7. The molecule has 1 aromatic heterocycles. The van der Waals surface area contributed by atoms with Crippen LogP contribution in [0.5, 0.6) is 0 Å². The number of carbonyl (C=O) groups is 1. The maximum Gasteiger partial charge on any atom is 0.289 e. The molecule has 0 aliphatic carbocycles. The molecule has 3 N–H and O–H groups in total. The predicted molar refractivity (Wildman–Crippen MR) is 65.8 cm³/mol. The number of nitrogens with zero attached hydrogens (tertiary/aromatic N) is 1. The number of aliphatic hydroxyl groups excluding tert-OH is 1. The highest BCUT2D eigenvalue weighted by Gasteiger charge is 2.26. The fraction of sp³-hybridized carbons (Fsp3) is 0.545. The van der Waals surface area contributed by atoms with Crippen molar-refractivity contribution in [3.8, 4) is 0 Å². The molecule has 1 aliphatic rings. The van der Waals surface area contributed by atoms with Gasteiger partial charge in [0.05, 0.1) is 0 Å². The number of piperidine rings is 1. The van der Waals surface area contributed by atoms with Crippen molar-refractivity contribution in [2.45, 2.75) is 17.9 Å². The maximum absolute atomic E-state index is 12.1. The first kappa shape index (κ1) is 14.0. The van der Waals surface area contributed by atoms with E-state index < -0.39 is 15.1 Å². The second-order valence-electron chi connectivity index (χ2n) is 4.58. The Labute approximate surface area is 111 Å². The van der Waals surface area contributed by atoms with Crippen LogP contribution in [0.2, 0.25) is 0 Å². The molecule has 1 amide bonds. The van der Waals surface area contributed by atoms with E-state index in [-0.39, 0.29) is 24.2 Å². The molecule has 0 atom stereocenters. The lowest BCUT2D eigenvalue weighted by atomic mass is 9.98. The number of furan rings is 1. The smallest absolute Gasteiger partial charge is 0.289 e. The quantitative estimate of drug-likeness (QED) is 0.797. The molecule has 2 heterocycles. The van der Waals surface area contributed by atoms with Crippen molar-refractivity contribution in [3.63, 3.8) is 0 Å². The summed E-state index contributed by atoms with van der Waals surface area (Å²) in [6.45, 7) is 1.17. The number of aliphatic hydroxyl groups is 1. The summed E-state index contributed by atoms with van der Waals surface area (Å²) in [6.07, 6.45) is 1.45. The molecule has 1 aliphatic heterocycles. The summed E-state index contributed by atoms with van der Waals surface area (Å²) in [4.78, 5) is 13.7. The van der Waals surface area contributed by atoms with Gasteiger partial charge in [-0.2, -0.15) is 0 Å². The van der Waals surface area contributed by atoms with Crippen molar-refractivity contribution >= 4 is 15.9 Å². The van der Waals surface area contributed by atoms with Crippen molar-refractivity contribution in [3.05, 3.63) is 17.9 Å². The average Bonchev–Trinajstić information content (AvgIpc) is 2.87. The van der Waals surface area contributed by atoms with Crippen LogP contribution in [0.15, 0.2) is 21.6 Å². The SMILES string of the molecule is NS(=O)(=O)c1ccc(C(=O)N2CCC(CO)CC2)o1. The first-order valence-corrected chi connectivity index (χ1v) is 7.49. The van der Waals surface area contributed by atoms with Gasteiger partial charge in [-0.1, -0.05) is 0 Å². The van der Waals surface area contributed by atoms with Crippen LogP contribution in [-0.2, 0) is 10.0 Å². The monoisotopic (exact) mass is 288 g/mol. The molecular formula is C11H16N2O5S. The van der Waals surface area contributed by atoms with Crippen LogP contribution >= 0.6 is 0 Å². The highest BCUT2D eigenvalue weighted by Crippen LogP contribution is 2.20. The first-order chi connectivity index (χ1) is 8.91. The standard InChI is InChI=1S/C11H16N2O5S/c12-19(16,17)10-2-1-9(18-10)11(15)13-5-3-8(7-14)4-6-13/h1-2,8,14H,3-7H2,(H2,12,16,17). The summed E-state index contributed by atoms with van der Waals surface area (Å²) in [5, 5.41) is 13.5. The van der Waals surface area contributed by atoms with Crippen LogP contribution in [0, 0.1) is 5.92 Å². The topological polar surface area (TPSA) is 114 Å². The van der Waals surface area contributed by atoms with E-state index in [2.05, 4.69) is 0 Å². The van der Waals surface area contributed by atoms with E-state index in [0.29, 0.717) is 13.1 Å². The van der Waals surface area contributed by atoms with E-state index in [1.165, 1.54) is 12.1 Å². The summed E-state index contributed by atoms with van der Waals surface area (Å²) in [5.41, 5.74) is 0. The first-order valence-electron chi connectivity index (χ1n) is 5.94. The Morgan fingerprint density at radius 1 is 1.42 bits per heavy atom. The van der Waals surface area contributed by atoms with Crippen LogP contribution in [0.3, 0.4) is 0 Å². The molecule has 7 nitrogen and oxygen atoms in total. The Balaban J connectivity index is 2.07. The Kier molecular flexibility index (Phi) is 3.93. The summed E-state index contributed by atoms with van der Waals surface area (Å²) in [5.74, 6) is -0.168. The van der Waals surface area contributed by atoms with Crippen molar-refractivity contribution in [1.82, 2.24) is 4.90 Å². The third kappa shape index (κ3) is 3.14. The zero-order valence-corrected chi connectivity index (χ0v) is 11.1. The molecule has 0 radical (unpaired) electrons. The molecule has 0 saturated carbocycles. The highest BCUT2D eigenvalue weighted by molar-refractivity contribution is 7.89. The molecule has 0 bridgehead atoms. The Morgan fingerprint density at radius 2 is 2.05 bits per heavy atom. The van der Waals surface area contributed by atoms with Crippen LogP contribution in [0.4, 0.5) is 0 Å². The molecule has 8 heteroatoms. The molecule has 106 valence electrons. The molecule has 0 aromatic carbocycles. The van der Waals surface area contributed by atoms with E-state index >= 15 is 0 Å². The molecule has 0 unspecified atom stereocenters. The Morgan fingerprint density at radius 3 is 2.53 bits per heavy atom. The van der Waals surface area contributed by atoms with Gasteiger partial charge in [-0.05, 0) is 30.9 Å². The largest absolute Gasteiger partial charge is 0.438 e. The fourth-order valence-electron chi connectivity index (χ4n) is 2.06. The van der Waals surface area contributed by atoms with Gasteiger partial charge in [0.1, 0.15) is 0 Å². The second kappa shape index (κ2) is 5.32. The molecule has 19 heavy (non-hydrogen) atoms. The van der Waals surface area contributed by atoms with Crippen molar-refractivity contribution in [2.24, 2.45) is 11.1 Å². The molecule has 1 aromatic rings. The number of carbonyl (C=O) groups excluding carboxylic acids is 1. The highest BCUT2D eigenvalue weighted by atomic mass is 32.2. The molecule has 0 spiro atoms. The summed E-state index contributed by atoms with van der Waals surface area (Å²) in [7, 11) is -3.93. The van der Waals surface area contributed by atoms with Gasteiger partial charge < -0.3 is 14.4 Å². The molecule has 2 rings (SSSR count). The van der Waals surface area contributed by atoms with Crippen molar-refractivity contribution in [2.75, 3.05) is 19.7 Å². The van der Waals surface area contributed by atoms with Gasteiger partial charge in [0.15, 0.2) is 5.76 Å². The maximum atomic E-state index is 12.1. The van der Waals surface area contributed by atoms with E-state index in [9.17, 15) is 13.2 Å². The van der Waals surface area contributed by atoms with Gasteiger partial charge in [-0.25, -0.2) is 13.6 Å². The van der Waals surface area contributed by atoms with Gasteiger partial charge in [0.25, 0.3) is 15.9 Å². The van der Waals surface area contributed by atoms with Crippen LogP contribution in [-0.4, -0.2) is 44.0 Å². The minimum atomic E-state index is -3.93. The summed E-state index contributed by atoms with van der Waals surface area (Å²) >= 11 is 0.